The van der Waals surface area contributed by atoms with Crippen LogP contribution in [0.5, 0.6) is 0 Å². The maximum Gasteiger partial charge on any atom is 0.321 e. The Bertz CT molecular complexity index is 739. The molecule has 8 heteroatoms. The van der Waals surface area contributed by atoms with Crippen LogP contribution in [0, 0.1) is 5.92 Å². The first kappa shape index (κ1) is 16.0. The van der Waals surface area contributed by atoms with E-state index >= 15 is 0 Å². The predicted molar refractivity (Wildman–Crippen MR) is 88.9 cm³/mol. The molecule has 3 amide bonds. The summed E-state index contributed by atoms with van der Waals surface area (Å²) in [7, 11) is 1.81. The minimum absolute atomic E-state index is 0.218. The van der Waals surface area contributed by atoms with Gasteiger partial charge >= 0.3 is 6.03 Å². The minimum atomic E-state index is -0.347. The molecule has 1 aliphatic rings. The Morgan fingerprint density at radius 1 is 1.29 bits per heavy atom. The van der Waals surface area contributed by atoms with Crippen molar-refractivity contribution in [2.75, 3.05) is 18.4 Å². The summed E-state index contributed by atoms with van der Waals surface area (Å²) in [6.45, 7) is 1.00. The van der Waals surface area contributed by atoms with Crippen LogP contribution in [0.25, 0.3) is 11.4 Å². The van der Waals surface area contributed by atoms with E-state index in [1.165, 1.54) is 0 Å². The summed E-state index contributed by atoms with van der Waals surface area (Å²) in [6, 6.07) is 7.10. The van der Waals surface area contributed by atoms with E-state index in [0.29, 0.717) is 24.6 Å². The van der Waals surface area contributed by atoms with Gasteiger partial charge in [0.1, 0.15) is 6.33 Å². The molecule has 1 aromatic carbocycles. The van der Waals surface area contributed by atoms with Gasteiger partial charge in [-0.25, -0.2) is 9.78 Å². The first-order valence-corrected chi connectivity index (χ1v) is 7.84. The fourth-order valence-electron chi connectivity index (χ4n) is 2.77. The molecule has 1 aliphatic heterocycles. The molecular weight excluding hydrogens is 308 g/mol. The lowest BCUT2D eigenvalue weighted by Gasteiger charge is -2.31. The van der Waals surface area contributed by atoms with Crippen LogP contribution in [-0.2, 0) is 11.8 Å². The highest BCUT2D eigenvalue weighted by Crippen LogP contribution is 2.20. The highest BCUT2D eigenvalue weighted by molar-refractivity contribution is 5.90. The van der Waals surface area contributed by atoms with Gasteiger partial charge in [0.25, 0.3) is 0 Å². The lowest BCUT2D eigenvalue weighted by molar-refractivity contribution is -0.123. The molecule has 2 aromatic rings. The second-order valence-electron chi connectivity index (χ2n) is 5.94. The van der Waals surface area contributed by atoms with E-state index < -0.39 is 0 Å². The third-order valence-corrected chi connectivity index (χ3v) is 4.10. The Kier molecular flexibility index (Phi) is 4.45. The number of amides is 3. The molecule has 8 nitrogen and oxygen atoms in total. The van der Waals surface area contributed by atoms with Crippen molar-refractivity contribution in [1.29, 1.82) is 0 Å². The van der Waals surface area contributed by atoms with Crippen molar-refractivity contribution in [1.82, 2.24) is 19.7 Å². The van der Waals surface area contributed by atoms with Crippen molar-refractivity contribution < 1.29 is 9.59 Å². The highest BCUT2D eigenvalue weighted by Gasteiger charge is 2.26. The second-order valence-corrected chi connectivity index (χ2v) is 5.94. The van der Waals surface area contributed by atoms with Gasteiger partial charge in [0.2, 0.25) is 5.91 Å². The zero-order chi connectivity index (χ0) is 17.1. The van der Waals surface area contributed by atoms with Crippen molar-refractivity contribution in [3.8, 4) is 11.4 Å². The molecule has 2 heterocycles. The zero-order valence-corrected chi connectivity index (χ0v) is 13.5. The van der Waals surface area contributed by atoms with Crippen LogP contribution >= 0.6 is 0 Å². The molecule has 1 aromatic heterocycles. The summed E-state index contributed by atoms with van der Waals surface area (Å²) in [6.07, 6.45) is 3.16. The SMILES string of the molecule is Cn1cnc(-c2ccc(NC(=O)N3CCC[C@@H](C(N)=O)C3)cc2)n1. The Morgan fingerprint density at radius 3 is 2.67 bits per heavy atom. The standard InChI is InChI=1S/C16H20N6O2/c1-21-10-18-15(20-21)11-4-6-13(7-5-11)19-16(24)22-8-2-3-12(9-22)14(17)23/h4-7,10,12H,2-3,8-9H2,1H3,(H2,17,23)(H,19,24)/t12-/m1/s1. The molecule has 1 atom stereocenters. The number of aromatic nitrogens is 3. The topological polar surface area (TPSA) is 106 Å². The van der Waals surface area contributed by atoms with Gasteiger partial charge in [-0.2, -0.15) is 5.10 Å². The molecule has 0 bridgehead atoms. The number of nitrogens with zero attached hydrogens (tertiary/aromatic N) is 4. The molecule has 0 unspecified atom stereocenters. The van der Waals surface area contributed by atoms with E-state index in [-0.39, 0.29) is 17.9 Å². The Labute approximate surface area is 139 Å². The van der Waals surface area contributed by atoms with Gasteiger partial charge < -0.3 is 16.0 Å². The normalized spacial score (nSPS) is 17.5. The number of aryl methyl sites for hydroxylation is 1. The van der Waals surface area contributed by atoms with Gasteiger partial charge in [0.05, 0.1) is 5.92 Å². The summed E-state index contributed by atoms with van der Waals surface area (Å²) in [4.78, 5) is 29.5. The molecule has 24 heavy (non-hydrogen) atoms. The molecule has 0 saturated carbocycles. The summed E-state index contributed by atoms with van der Waals surface area (Å²) >= 11 is 0. The number of urea groups is 1. The molecule has 0 radical (unpaired) electrons. The number of benzene rings is 1. The average Bonchev–Trinajstić information content (AvgIpc) is 3.02. The monoisotopic (exact) mass is 328 g/mol. The van der Waals surface area contributed by atoms with Crippen molar-refractivity contribution >= 4 is 17.6 Å². The quantitative estimate of drug-likeness (QED) is 0.883. The van der Waals surface area contributed by atoms with Gasteiger partial charge in [-0.3, -0.25) is 9.48 Å². The van der Waals surface area contributed by atoms with Gasteiger partial charge in [-0.05, 0) is 37.1 Å². The van der Waals surface area contributed by atoms with E-state index in [1.807, 2.05) is 19.2 Å². The van der Waals surface area contributed by atoms with Crippen molar-refractivity contribution in [3.63, 3.8) is 0 Å². The summed E-state index contributed by atoms with van der Waals surface area (Å²) in [5.74, 6) is 0.0255. The summed E-state index contributed by atoms with van der Waals surface area (Å²) < 4.78 is 1.64. The lowest BCUT2D eigenvalue weighted by atomic mass is 9.98. The number of nitrogens with one attached hydrogen (secondary N) is 1. The van der Waals surface area contributed by atoms with Gasteiger partial charge in [-0.15, -0.1) is 0 Å². The number of carbonyl (C=O) groups excluding carboxylic acids is 2. The fourth-order valence-corrected chi connectivity index (χ4v) is 2.77. The number of primary amides is 1. The predicted octanol–water partition coefficient (Wildman–Crippen LogP) is 1.21. The fraction of sp³-hybridized carbons (Fsp3) is 0.375. The number of likely N-dealkylation sites (tertiary alicyclic amines) is 1. The highest BCUT2D eigenvalue weighted by atomic mass is 16.2. The maximum absolute atomic E-state index is 12.3. The van der Waals surface area contributed by atoms with E-state index in [0.717, 1.165) is 18.4 Å². The van der Waals surface area contributed by atoms with Crippen molar-refractivity contribution in [3.05, 3.63) is 30.6 Å². The number of nitrogens with two attached hydrogens (primary N) is 1. The number of rotatable bonds is 3. The maximum atomic E-state index is 12.3. The zero-order valence-electron chi connectivity index (χ0n) is 13.5. The van der Waals surface area contributed by atoms with Crippen LogP contribution < -0.4 is 11.1 Å². The molecule has 126 valence electrons. The second kappa shape index (κ2) is 6.69. The molecule has 3 N–H and O–H groups in total. The number of carbonyl (C=O) groups is 2. The van der Waals surface area contributed by atoms with Crippen LogP contribution in [0.15, 0.2) is 30.6 Å². The van der Waals surface area contributed by atoms with Crippen LogP contribution in [0.2, 0.25) is 0 Å². The third kappa shape index (κ3) is 3.53. The first-order chi connectivity index (χ1) is 11.5. The Balaban J connectivity index is 1.63. The minimum Gasteiger partial charge on any atom is -0.369 e. The molecule has 0 spiro atoms. The van der Waals surface area contributed by atoms with Crippen LogP contribution in [-0.4, -0.2) is 44.7 Å². The molecule has 3 rings (SSSR count). The van der Waals surface area contributed by atoms with E-state index in [4.69, 9.17) is 5.73 Å². The number of hydrogen-bond acceptors (Lipinski definition) is 4. The van der Waals surface area contributed by atoms with Crippen LogP contribution in [0.4, 0.5) is 10.5 Å². The molecule has 1 fully saturated rings. The number of piperidine rings is 1. The van der Waals surface area contributed by atoms with E-state index in [2.05, 4.69) is 15.4 Å². The van der Waals surface area contributed by atoms with E-state index in [1.54, 1.807) is 28.0 Å². The number of hydrogen-bond donors (Lipinski definition) is 2. The summed E-state index contributed by atoms with van der Waals surface area (Å²) in [5.41, 5.74) is 6.90. The third-order valence-electron chi connectivity index (χ3n) is 4.10. The lowest BCUT2D eigenvalue weighted by Crippen LogP contribution is -2.45. The van der Waals surface area contributed by atoms with Gasteiger partial charge in [0.15, 0.2) is 5.82 Å². The Hall–Kier alpha value is -2.90. The molecule has 0 aliphatic carbocycles. The summed E-state index contributed by atoms with van der Waals surface area (Å²) in [5, 5.41) is 7.08. The molecule has 1 saturated heterocycles. The Morgan fingerprint density at radius 2 is 2.04 bits per heavy atom. The van der Waals surface area contributed by atoms with Crippen molar-refractivity contribution in [2.24, 2.45) is 18.7 Å². The largest absolute Gasteiger partial charge is 0.369 e. The molecular formula is C16H20N6O2. The number of anilines is 1. The first-order valence-electron chi connectivity index (χ1n) is 7.84. The van der Waals surface area contributed by atoms with Crippen molar-refractivity contribution in [2.45, 2.75) is 12.8 Å². The van der Waals surface area contributed by atoms with Gasteiger partial charge in [0, 0.05) is 31.4 Å². The van der Waals surface area contributed by atoms with Crippen LogP contribution in [0.3, 0.4) is 0 Å². The smallest absolute Gasteiger partial charge is 0.321 e. The van der Waals surface area contributed by atoms with Crippen LogP contribution in [0.1, 0.15) is 12.8 Å². The average molecular weight is 328 g/mol. The van der Waals surface area contributed by atoms with Gasteiger partial charge in [-0.1, -0.05) is 0 Å². The van der Waals surface area contributed by atoms with E-state index in [9.17, 15) is 9.59 Å².